The quantitative estimate of drug-likeness (QED) is 0.379. The van der Waals surface area contributed by atoms with E-state index in [4.69, 9.17) is 5.73 Å². The Bertz CT molecular complexity index is 343. The van der Waals surface area contributed by atoms with Crippen molar-refractivity contribution in [3.8, 4) is 0 Å². The number of hydrogen-bond donors (Lipinski definition) is 2. The molecular weight excluding hydrogens is 312 g/mol. The van der Waals surface area contributed by atoms with E-state index in [2.05, 4.69) is 12.2 Å². The van der Waals surface area contributed by atoms with Crippen LogP contribution >= 0.6 is 0 Å². The third-order valence-electron chi connectivity index (χ3n) is 4.79. The molecule has 0 aliphatic heterocycles. The van der Waals surface area contributed by atoms with Crippen molar-refractivity contribution in [2.24, 2.45) is 11.7 Å². The smallest absolute Gasteiger partial charge is 0.243 e. The maximum atomic E-state index is 11.7. The van der Waals surface area contributed by atoms with Crippen molar-refractivity contribution in [1.29, 1.82) is 0 Å². The second kappa shape index (κ2) is 16.6. The second-order valence-corrected chi connectivity index (χ2v) is 7.67. The lowest BCUT2D eigenvalue weighted by atomic mass is 10.0. The van der Waals surface area contributed by atoms with E-state index in [1.807, 2.05) is 13.8 Å². The molecule has 0 radical (unpaired) electrons. The summed E-state index contributed by atoms with van der Waals surface area (Å²) in [6, 6.07) is -0.601. The first-order valence-electron chi connectivity index (χ1n) is 10.6. The number of carbonyl (C=O) groups excluding carboxylic acids is 2. The number of carbonyl (C=O) groups is 2. The number of imide groups is 1. The Morgan fingerprint density at radius 2 is 1.16 bits per heavy atom. The summed E-state index contributed by atoms with van der Waals surface area (Å²) in [6.07, 6.45) is 17.1. The molecule has 0 unspecified atom stereocenters. The molecule has 0 spiro atoms. The van der Waals surface area contributed by atoms with E-state index in [9.17, 15) is 9.59 Å². The molecule has 0 aromatic heterocycles. The van der Waals surface area contributed by atoms with E-state index >= 15 is 0 Å². The maximum Gasteiger partial charge on any atom is 0.243 e. The van der Waals surface area contributed by atoms with Crippen LogP contribution in [0.25, 0.3) is 0 Å². The zero-order valence-electron chi connectivity index (χ0n) is 16.9. The molecule has 148 valence electrons. The molecular formula is C21H42N2O2. The molecule has 2 amide bonds. The molecule has 0 fully saturated rings. The molecule has 0 aromatic carbocycles. The lowest BCUT2D eigenvalue weighted by Gasteiger charge is -2.14. The number of nitrogens with two attached hydrogens (primary N) is 1. The average Bonchev–Trinajstić information content (AvgIpc) is 2.58. The first-order chi connectivity index (χ1) is 12.0. The van der Waals surface area contributed by atoms with Crippen LogP contribution in [0.2, 0.25) is 0 Å². The van der Waals surface area contributed by atoms with Gasteiger partial charge in [0.2, 0.25) is 11.8 Å². The monoisotopic (exact) mass is 354 g/mol. The third kappa shape index (κ3) is 15.1. The molecule has 0 aliphatic carbocycles. The summed E-state index contributed by atoms with van der Waals surface area (Å²) >= 11 is 0. The van der Waals surface area contributed by atoms with Crippen molar-refractivity contribution in [1.82, 2.24) is 5.32 Å². The first kappa shape index (κ1) is 24.1. The van der Waals surface area contributed by atoms with Gasteiger partial charge in [-0.25, -0.2) is 0 Å². The van der Waals surface area contributed by atoms with Gasteiger partial charge in [-0.05, 0) is 12.3 Å². The van der Waals surface area contributed by atoms with Gasteiger partial charge in [-0.1, -0.05) is 97.8 Å². The summed E-state index contributed by atoms with van der Waals surface area (Å²) in [5.41, 5.74) is 5.72. The highest BCUT2D eigenvalue weighted by Gasteiger charge is 2.18. The minimum atomic E-state index is -0.601. The van der Waals surface area contributed by atoms with Crippen molar-refractivity contribution in [3.63, 3.8) is 0 Å². The van der Waals surface area contributed by atoms with Gasteiger partial charge < -0.3 is 5.73 Å². The zero-order chi connectivity index (χ0) is 18.9. The van der Waals surface area contributed by atoms with Crippen LogP contribution in [-0.4, -0.2) is 17.9 Å². The Balaban J connectivity index is 3.35. The summed E-state index contributed by atoms with van der Waals surface area (Å²) in [5, 5.41) is 2.40. The lowest BCUT2D eigenvalue weighted by Crippen LogP contribution is -2.46. The van der Waals surface area contributed by atoms with Crippen LogP contribution in [0.5, 0.6) is 0 Å². The van der Waals surface area contributed by atoms with Gasteiger partial charge in [0.1, 0.15) is 0 Å². The fraction of sp³-hybridized carbons (Fsp3) is 0.905. The summed E-state index contributed by atoms with van der Waals surface area (Å²) in [7, 11) is 0. The third-order valence-corrected chi connectivity index (χ3v) is 4.79. The Morgan fingerprint density at radius 1 is 0.760 bits per heavy atom. The van der Waals surface area contributed by atoms with E-state index in [-0.39, 0.29) is 17.7 Å². The standard InChI is InChI=1S/C21H42N2O2/c1-4-5-6-7-8-9-10-11-12-13-14-15-16-17-19(24)23-21(25)20(22)18(2)3/h18,20H,4-17,22H2,1-3H3,(H,23,24,25)/t20-/m0/s1. The number of hydrogen-bond acceptors (Lipinski definition) is 3. The molecule has 0 saturated carbocycles. The molecule has 0 saturated heterocycles. The molecule has 0 rings (SSSR count). The molecule has 0 bridgehead atoms. The summed E-state index contributed by atoms with van der Waals surface area (Å²) < 4.78 is 0. The van der Waals surface area contributed by atoms with Crippen molar-refractivity contribution in [3.05, 3.63) is 0 Å². The van der Waals surface area contributed by atoms with Gasteiger partial charge in [0, 0.05) is 6.42 Å². The van der Waals surface area contributed by atoms with E-state index in [0.717, 1.165) is 12.8 Å². The van der Waals surface area contributed by atoms with Crippen LogP contribution in [0.1, 0.15) is 111 Å². The number of rotatable bonds is 16. The topological polar surface area (TPSA) is 72.2 Å². The number of nitrogens with one attached hydrogen (secondary N) is 1. The summed E-state index contributed by atoms with van der Waals surface area (Å²) in [4.78, 5) is 23.4. The Morgan fingerprint density at radius 3 is 1.56 bits per heavy atom. The van der Waals surface area contributed by atoms with Crippen molar-refractivity contribution in [2.75, 3.05) is 0 Å². The predicted molar refractivity (Wildman–Crippen MR) is 106 cm³/mol. The molecule has 0 heterocycles. The van der Waals surface area contributed by atoms with E-state index in [1.54, 1.807) is 0 Å². The normalized spacial score (nSPS) is 12.4. The fourth-order valence-electron chi connectivity index (χ4n) is 2.89. The summed E-state index contributed by atoms with van der Waals surface area (Å²) in [5.74, 6) is -0.497. The molecule has 3 N–H and O–H groups in total. The Kier molecular flexibility index (Phi) is 16.0. The maximum absolute atomic E-state index is 11.7. The molecule has 25 heavy (non-hydrogen) atoms. The highest BCUT2D eigenvalue weighted by molar-refractivity contribution is 5.97. The highest BCUT2D eigenvalue weighted by Crippen LogP contribution is 2.12. The van der Waals surface area contributed by atoms with Crippen LogP contribution in [0.3, 0.4) is 0 Å². The van der Waals surface area contributed by atoms with Gasteiger partial charge in [0.15, 0.2) is 0 Å². The molecule has 0 aromatic rings. The van der Waals surface area contributed by atoms with Crippen LogP contribution in [0, 0.1) is 5.92 Å². The molecule has 0 aliphatic rings. The largest absolute Gasteiger partial charge is 0.320 e. The lowest BCUT2D eigenvalue weighted by molar-refractivity contribution is -0.131. The zero-order valence-corrected chi connectivity index (χ0v) is 16.9. The van der Waals surface area contributed by atoms with Crippen LogP contribution in [0.15, 0.2) is 0 Å². The minimum absolute atomic E-state index is 0.0455. The van der Waals surface area contributed by atoms with Gasteiger partial charge >= 0.3 is 0 Å². The Hall–Kier alpha value is -0.900. The average molecular weight is 355 g/mol. The van der Waals surface area contributed by atoms with E-state index in [1.165, 1.54) is 70.6 Å². The minimum Gasteiger partial charge on any atom is -0.320 e. The van der Waals surface area contributed by atoms with Crippen LogP contribution in [0.4, 0.5) is 0 Å². The highest BCUT2D eigenvalue weighted by atomic mass is 16.2. The van der Waals surface area contributed by atoms with Gasteiger partial charge in [-0.15, -0.1) is 0 Å². The Labute approximate surface area is 155 Å². The van der Waals surface area contributed by atoms with Crippen LogP contribution in [-0.2, 0) is 9.59 Å². The van der Waals surface area contributed by atoms with Crippen molar-refractivity contribution >= 4 is 11.8 Å². The van der Waals surface area contributed by atoms with E-state index < -0.39 is 6.04 Å². The molecule has 4 nitrogen and oxygen atoms in total. The van der Waals surface area contributed by atoms with Crippen molar-refractivity contribution < 1.29 is 9.59 Å². The van der Waals surface area contributed by atoms with E-state index in [0.29, 0.717) is 6.42 Å². The first-order valence-corrected chi connectivity index (χ1v) is 10.6. The van der Waals surface area contributed by atoms with Gasteiger partial charge in [-0.2, -0.15) is 0 Å². The SMILES string of the molecule is CCCCCCCCCCCCCCCC(=O)NC(=O)[C@@H](N)C(C)C. The van der Waals surface area contributed by atoms with Crippen LogP contribution < -0.4 is 11.1 Å². The summed E-state index contributed by atoms with van der Waals surface area (Å²) in [6.45, 7) is 6.01. The van der Waals surface area contributed by atoms with Gasteiger partial charge in [-0.3, -0.25) is 14.9 Å². The molecule has 4 heteroatoms. The predicted octanol–water partition coefficient (Wildman–Crippen LogP) is 5.09. The number of unbranched alkanes of at least 4 members (excludes halogenated alkanes) is 12. The van der Waals surface area contributed by atoms with Crippen molar-refractivity contribution in [2.45, 2.75) is 117 Å². The fourth-order valence-corrected chi connectivity index (χ4v) is 2.89. The number of amides is 2. The van der Waals surface area contributed by atoms with Gasteiger partial charge in [0.25, 0.3) is 0 Å². The molecule has 1 atom stereocenters. The second-order valence-electron chi connectivity index (χ2n) is 7.67. The van der Waals surface area contributed by atoms with Gasteiger partial charge in [0.05, 0.1) is 6.04 Å².